The third kappa shape index (κ3) is 2.93. The quantitative estimate of drug-likeness (QED) is 0.660. The van der Waals surface area contributed by atoms with Crippen LogP contribution >= 0.6 is 0 Å². The van der Waals surface area contributed by atoms with Crippen molar-refractivity contribution < 1.29 is 9.90 Å². The van der Waals surface area contributed by atoms with Gasteiger partial charge in [0.2, 0.25) is 5.91 Å². The normalized spacial score (nSPS) is 15.6. The Kier molecular flexibility index (Phi) is 3.90. The zero-order valence-electron chi connectivity index (χ0n) is 15.2. The van der Waals surface area contributed by atoms with Crippen molar-refractivity contribution in [2.45, 2.75) is 19.3 Å². The van der Waals surface area contributed by atoms with Gasteiger partial charge in [-0.25, -0.2) is 9.98 Å². The summed E-state index contributed by atoms with van der Waals surface area (Å²) in [5.41, 5.74) is 4.38. The molecule has 138 valence electrons. The molecule has 3 aliphatic heterocycles. The molecule has 1 N–H and O–H groups in total. The van der Waals surface area contributed by atoms with Crippen molar-refractivity contribution in [3.8, 4) is 5.75 Å². The van der Waals surface area contributed by atoms with Crippen LogP contribution in [0.2, 0.25) is 0 Å². The van der Waals surface area contributed by atoms with Crippen molar-refractivity contribution in [3.63, 3.8) is 0 Å². The maximum absolute atomic E-state index is 13.1. The summed E-state index contributed by atoms with van der Waals surface area (Å²) in [5.74, 6) is 1.23. The van der Waals surface area contributed by atoms with Gasteiger partial charge in [0.15, 0.2) is 5.82 Å². The topological polar surface area (TPSA) is 78.7 Å². The lowest BCUT2D eigenvalue weighted by Crippen LogP contribution is -2.40. The van der Waals surface area contributed by atoms with Crippen molar-refractivity contribution in [2.24, 2.45) is 4.99 Å². The van der Waals surface area contributed by atoms with Gasteiger partial charge in [0.1, 0.15) is 11.6 Å². The maximum atomic E-state index is 13.1. The van der Waals surface area contributed by atoms with Crippen LogP contribution in [-0.2, 0) is 24.1 Å². The molecule has 0 unspecified atom stereocenters. The Morgan fingerprint density at radius 3 is 2.57 bits per heavy atom. The van der Waals surface area contributed by atoms with Crippen LogP contribution in [-0.4, -0.2) is 38.3 Å². The molecule has 28 heavy (non-hydrogen) atoms. The van der Waals surface area contributed by atoms with Crippen LogP contribution in [0.3, 0.4) is 0 Å². The number of nitrogens with zero attached hydrogens (tertiary/aromatic N) is 4. The van der Waals surface area contributed by atoms with Gasteiger partial charge in [-0.3, -0.25) is 14.7 Å². The van der Waals surface area contributed by atoms with Crippen molar-refractivity contribution in [1.29, 1.82) is 0 Å². The average molecular weight is 370 g/mol. The predicted octanol–water partition coefficient (Wildman–Crippen LogP) is 2.79. The zero-order chi connectivity index (χ0) is 19.1. The number of fused-ring (bicyclic) bond motifs is 9. The van der Waals surface area contributed by atoms with Crippen LogP contribution < -0.4 is 0 Å². The highest BCUT2D eigenvalue weighted by molar-refractivity contribution is 6.09. The van der Waals surface area contributed by atoms with Gasteiger partial charge in [0, 0.05) is 36.5 Å². The number of benzene rings is 2. The van der Waals surface area contributed by atoms with E-state index in [1.165, 1.54) is 5.56 Å². The molecular formula is C22H18N4O2. The summed E-state index contributed by atoms with van der Waals surface area (Å²) in [6.45, 7) is 0.529. The number of carbonyl (C=O) groups excluding carboxylic acids is 1. The second-order valence-corrected chi connectivity index (χ2v) is 7.07. The van der Waals surface area contributed by atoms with Gasteiger partial charge < -0.3 is 5.11 Å². The van der Waals surface area contributed by atoms with E-state index in [0.29, 0.717) is 36.7 Å². The van der Waals surface area contributed by atoms with E-state index in [2.05, 4.69) is 22.1 Å². The first kappa shape index (κ1) is 16.6. The van der Waals surface area contributed by atoms with Gasteiger partial charge in [-0.15, -0.1) is 0 Å². The van der Waals surface area contributed by atoms with E-state index in [4.69, 9.17) is 4.99 Å². The molecule has 0 fully saturated rings. The minimum Gasteiger partial charge on any atom is -0.508 e. The lowest BCUT2D eigenvalue weighted by Gasteiger charge is -2.25. The van der Waals surface area contributed by atoms with Crippen molar-refractivity contribution in [1.82, 2.24) is 14.9 Å². The first-order valence-electron chi connectivity index (χ1n) is 9.26. The second-order valence-electron chi connectivity index (χ2n) is 7.07. The summed E-state index contributed by atoms with van der Waals surface area (Å²) < 4.78 is 0. The number of phenols is 1. The lowest BCUT2D eigenvalue weighted by atomic mass is 10.0. The molecule has 4 bridgehead atoms. The highest BCUT2D eigenvalue weighted by Gasteiger charge is 2.25. The number of phenolic OH excluding ortho intramolecular Hbond substituents is 1. The third-order valence-corrected chi connectivity index (χ3v) is 5.22. The Hall–Kier alpha value is -3.54. The Morgan fingerprint density at radius 1 is 0.929 bits per heavy atom. The minimum atomic E-state index is -0.00756. The van der Waals surface area contributed by atoms with E-state index in [9.17, 15) is 9.90 Å². The molecule has 0 spiro atoms. The summed E-state index contributed by atoms with van der Waals surface area (Å²) in [7, 11) is 0. The van der Waals surface area contributed by atoms with Gasteiger partial charge in [0.25, 0.3) is 0 Å². The number of carbonyl (C=O) groups is 1. The molecule has 3 aliphatic rings. The molecule has 4 heterocycles. The van der Waals surface area contributed by atoms with Crippen LogP contribution in [0.15, 0.2) is 59.9 Å². The van der Waals surface area contributed by atoms with Crippen LogP contribution in [0.1, 0.15) is 27.9 Å². The Labute approximate surface area is 162 Å². The molecule has 2 aromatic carbocycles. The third-order valence-electron chi connectivity index (χ3n) is 5.22. The van der Waals surface area contributed by atoms with E-state index in [-0.39, 0.29) is 11.7 Å². The number of aromatic hydroxyl groups is 1. The van der Waals surface area contributed by atoms with Crippen LogP contribution in [0.5, 0.6) is 5.75 Å². The van der Waals surface area contributed by atoms with Crippen molar-refractivity contribution >= 4 is 17.6 Å². The molecule has 1 amide bonds. The van der Waals surface area contributed by atoms with E-state index in [1.54, 1.807) is 29.4 Å². The Balaban J connectivity index is 1.65. The Morgan fingerprint density at radius 2 is 1.71 bits per heavy atom. The van der Waals surface area contributed by atoms with Crippen LogP contribution in [0.25, 0.3) is 0 Å². The van der Waals surface area contributed by atoms with Crippen LogP contribution in [0, 0.1) is 0 Å². The van der Waals surface area contributed by atoms with Crippen molar-refractivity contribution in [2.75, 3.05) is 6.54 Å². The fourth-order valence-electron chi connectivity index (χ4n) is 3.69. The first-order chi connectivity index (χ1) is 13.7. The van der Waals surface area contributed by atoms with Gasteiger partial charge in [-0.1, -0.05) is 24.3 Å². The summed E-state index contributed by atoms with van der Waals surface area (Å²) in [6, 6.07) is 13.5. The molecule has 0 aliphatic carbocycles. The largest absolute Gasteiger partial charge is 0.508 e. The van der Waals surface area contributed by atoms with E-state index < -0.39 is 0 Å². The molecule has 0 radical (unpaired) electrons. The molecule has 1 aromatic heterocycles. The molecule has 0 saturated carbocycles. The molecule has 6 rings (SSSR count). The van der Waals surface area contributed by atoms with Crippen molar-refractivity contribution in [3.05, 3.63) is 82.8 Å². The average Bonchev–Trinajstić information content (AvgIpc) is 2.81. The summed E-state index contributed by atoms with van der Waals surface area (Å²) in [5, 5.41) is 10.3. The molecule has 6 heteroatoms. The zero-order valence-corrected chi connectivity index (χ0v) is 15.2. The van der Waals surface area contributed by atoms with Gasteiger partial charge in [0.05, 0.1) is 12.1 Å². The number of amides is 1. The van der Waals surface area contributed by atoms with E-state index in [1.807, 2.05) is 18.2 Å². The summed E-state index contributed by atoms with van der Waals surface area (Å²) >= 11 is 0. The number of hydrogen-bond donors (Lipinski definition) is 1. The van der Waals surface area contributed by atoms with Crippen LogP contribution in [0.4, 0.5) is 5.82 Å². The highest BCUT2D eigenvalue weighted by Crippen LogP contribution is 2.29. The second kappa shape index (κ2) is 6.56. The molecule has 3 aromatic rings. The predicted molar refractivity (Wildman–Crippen MR) is 105 cm³/mol. The summed E-state index contributed by atoms with van der Waals surface area (Å²) in [4.78, 5) is 28.4. The summed E-state index contributed by atoms with van der Waals surface area (Å²) in [6.07, 6.45) is 4.71. The minimum absolute atomic E-state index is 0.00756. The van der Waals surface area contributed by atoms with E-state index >= 15 is 0 Å². The van der Waals surface area contributed by atoms with Gasteiger partial charge in [-0.2, -0.15) is 0 Å². The molecular weight excluding hydrogens is 352 g/mol. The molecule has 6 nitrogen and oxygen atoms in total. The van der Waals surface area contributed by atoms with E-state index in [0.717, 1.165) is 23.1 Å². The smallest absolute Gasteiger partial charge is 0.232 e. The number of rotatable bonds is 0. The lowest BCUT2D eigenvalue weighted by molar-refractivity contribution is -0.126. The standard InChI is InChI=1S/C22H18N4O2/c27-19-6-5-16-12-17(19)13-18-21(24-9-8-23-18)25-22(16)26-10-7-14-1-3-15(4-2-14)11-20(26)28/h1-6,8-9,12,27H,7,10-11,13H2. The number of amidine groups is 1. The number of hydrogen-bond acceptors (Lipinski definition) is 5. The first-order valence-corrected chi connectivity index (χ1v) is 9.26. The maximum Gasteiger partial charge on any atom is 0.232 e. The fraction of sp³-hybridized carbons (Fsp3) is 0.182. The monoisotopic (exact) mass is 370 g/mol. The van der Waals surface area contributed by atoms with Gasteiger partial charge >= 0.3 is 0 Å². The highest BCUT2D eigenvalue weighted by atomic mass is 16.3. The molecule has 0 saturated heterocycles. The number of aliphatic imine (C=N–C) groups is 1. The number of aromatic nitrogens is 2. The Bertz CT molecular complexity index is 1110. The molecule has 0 atom stereocenters. The SMILES string of the molecule is O=C1Cc2ccc(cc2)CCN1C1=Nc2nccnc2Cc2cc1ccc2O. The van der Waals surface area contributed by atoms with Gasteiger partial charge in [-0.05, 0) is 35.7 Å². The fourth-order valence-corrected chi connectivity index (χ4v) is 3.69.